The van der Waals surface area contributed by atoms with Gasteiger partial charge in [-0.15, -0.1) is 11.6 Å². The summed E-state index contributed by atoms with van der Waals surface area (Å²) in [7, 11) is -3.16. The molecule has 6 heteroatoms. The Morgan fingerprint density at radius 1 is 1.29 bits per heavy atom. The van der Waals surface area contributed by atoms with Gasteiger partial charge in [0.2, 0.25) is 0 Å². The number of halogens is 2. The van der Waals surface area contributed by atoms with Crippen LogP contribution in [-0.2, 0) is 9.84 Å². The number of hydrogen-bond donors (Lipinski definition) is 1. The number of nitrogens with one attached hydrogen (secondary N) is 1. The fourth-order valence-corrected chi connectivity index (χ4v) is 2.50. The zero-order chi connectivity index (χ0) is 12.9. The lowest BCUT2D eigenvalue weighted by Gasteiger charge is -2.08. The second kappa shape index (κ2) is 6.47. The van der Waals surface area contributed by atoms with Gasteiger partial charge in [-0.1, -0.05) is 11.6 Å². The Bertz CT molecular complexity index is 443. The molecule has 0 spiro atoms. The standard InChI is InChI=1S/C11H15Cl2NO2S/c1-9(12)17(15,16)8-2-7-14-11-5-3-10(13)4-6-11/h3-6,9,14H,2,7-8H2,1H3. The molecule has 1 aromatic carbocycles. The van der Waals surface area contributed by atoms with E-state index in [4.69, 9.17) is 23.2 Å². The minimum atomic E-state index is -3.16. The van der Waals surface area contributed by atoms with Crippen molar-refractivity contribution in [3.8, 4) is 0 Å². The molecule has 0 heterocycles. The van der Waals surface area contributed by atoms with Crippen molar-refractivity contribution in [2.75, 3.05) is 17.6 Å². The maximum Gasteiger partial charge on any atom is 0.166 e. The molecule has 96 valence electrons. The fraction of sp³-hybridized carbons (Fsp3) is 0.455. The third-order valence-corrected chi connectivity index (χ3v) is 5.19. The van der Waals surface area contributed by atoms with Gasteiger partial charge in [0.25, 0.3) is 0 Å². The van der Waals surface area contributed by atoms with E-state index < -0.39 is 14.5 Å². The van der Waals surface area contributed by atoms with Crippen LogP contribution in [0.1, 0.15) is 13.3 Å². The van der Waals surface area contributed by atoms with Crippen LogP contribution in [0.25, 0.3) is 0 Å². The maximum atomic E-state index is 11.4. The van der Waals surface area contributed by atoms with E-state index in [0.29, 0.717) is 18.0 Å². The SMILES string of the molecule is CC(Cl)S(=O)(=O)CCCNc1ccc(Cl)cc1. The summed E-state index contributed by atoms with van der Waals surface area (Å²) in [5.41, 5.74) is 0.922. The van der Waals surface area contributed by atoms with Gasteiger partial charge in [0.05, 0.1) is 5.75 Å². The van der Waals surface area contributed by atoms with Gasteiger partial charge in [-0.3, -0.25) is 0 Å². The van der Waals surface area contributed by atoms with Crippen LogP contribution >= 0.6 is 23.2 Å². The van der Waals surface area contributed by atoms with Crippen LogP contribution in [0.4, 0.5) is 5.69 Å². The van der Waals surface area contributed by atoms with Crippen LogP contribution in [0, 0.1) is 0 Å². The molecule has 0 aromatic heterocycles. The van der Waals surface area contributed by atoms with Crippen molar-refractivity contribution in [1.29, 1.82) is 0 Å². The van der Waals surface area contributed by atoms with E-state index in [9.17, 15) is 8.42 Å². The van der Waals surface area contributed by atoms with E-state index >= 15 is 0 Å². The molecule has 0 fully saturated rings. The molecular weight excluding hydrogens is 281 g/mol. The summed E-state index contributed by atoms with van der Waals surface area (Å²) >= 11 is 11.3. The molecule has 0 amide bonds. The fourth-order valence-electron chi connectivity index (χ4n) is 1.24. The molecule has 0 aliphatic heterocycles. The molecule has 1 atom stereocenters. The molecule has 0 aliphatic rings. The Morgan fingerprint density at radius 2 is 1.88 bits per heavy atom. The highest BCUT2D eigenvalue weighted by Crippen LogP contribution is 2.13. The highest BCUT2D eigenvalue weighted by molar-refractivity contribution is 7.93. The molecule has 17 heavy (non-hydrogen) atoms. The monoisotopic (exact) mass is 295 g/mol. The number of rotatable bonds is 6. The second-order valence-corrected chi connectivity index (χ2v) is 7.49. The summed E-state index contributed by atoms with van der Waals surface area (Å²) in [5.74, 6) is 0.0955. The first-order valence-electron chi connectivity index (χ1n) is 5.27. The minimum Gasteiger partial charge on any atom is -0.385 e. The lowest BCUT2D eigenvalue weighted by molar-refractivity contribution is 0.592. The summed E-state index contributed by atoms with van der Waals surface area (Å²) < 4.78 is 22.0. The van der Waals surface area contributed by atoms with Gasteiger partial charge in [0.15, 0.2) is 9.84 Å². The zero-order valence-electron chi connectivity index (χ0n) is 9.49. The van der Waals surface area contributed by atoms with Crippen LogP contribution in [0.2, 0.25) is 5.02 Å². The number of sulfone groups is 1. The molecule has 1 N–H and O–H groups in total. The maximum absolute atomic E-state index is 11.4. The molecule has 1 unspecified atom stereocenters. The average Bonchev–Trinajstić information content (AvgIpc) is 2.26. The number of hydrogen-bond acceptors (Lipinski definition) is 3. The first-order valence-corrected chi connectivity index (χ1v) is 7.80. The quantitative estimate of drug-likeness (QED) is 0.648. The molecule has 0 saturated carbocycles. The summed E-state index contributed by atoms with van der Waals surface area (Å²) in [4.78, 5) is 0. The highest BCUT2D eigenvalue weighted by atomic mass is 35.5. The predicted octanol–water partition coefficient (Wildman–Crippen LogP) is 3.14. The van der Waals surface area contributed by atoms with Crippen molar-refractivity contribution in [3.05, 3.63) is 29.3 Å². The number of anilines is 1. The van der Waals surface area contributed by atoms with Gasteiger partial charge in [-0.05, 0) is 37.6 Å². The Morgan fingerprint density at radius 3 is 2.41 bits per heavy atom. The van der Waals surface area contributed by atoms with Crippen LogP contribution in [-0.4, -0.2) is 25.4 Å². The van der Waals surface area contributed by atoms with Crippen molar-refractivity contribution < 1.29 is 8.42 Å². The first-order chi connectivity index (χ1) is 7.92. The van der Waals surface area contributed by atoms with Crippen LogP contribution in [0.15, 0.2) is 24.3 Å². The van der Waals surface area contributed by atoms with Crippen molar-refractivity contribution >= 4 is 38.7 Å². The van der Waals surface area contributed by atoms with Crippen LogP contribution < -0.4 is 5.32 Å². The summed E-state index contributed by atoms with van der Waals surface area (Å²) in [5, 5.41) is 3.79. The van der Waals surface area contributed by atoms with E-state index in [2.05, 4.69) is 5.32 Å². The summed E-state index contributed by atoms with van der Waals surface area (Å²) in [6.45, 7) is 2.06. The van der Waals surface area contributed by atoms with E-state index in [-0.39, 0.29) is 5.75 Å². The van der Waals surface area contributed by atoms with Crippen molar-refractivity contribution in [1.82, 2.24) is 0 Å². The summed E-state index contributed by atoms with van der Waals surface area (Å²) in [6.07, 6.45) is 0.530. The summed E-state index contributed by atoms with van der Waals surface area (Å²) in [6, 6.07) is 7.25. The largest absolute Gasteiger partial charge is 0.385 e. The predicted molar refractivity (Wildman–Crippen MR) is 73.7 cm³/mol. The van der Waals surface area contributed by atoms with Gasteiger partial charge in [0, 0.05) is 17.3 Å². The van der Waals surface area contributed by atoms with Gasteiger partial charge < -0.3 is 5.32 Å². The molecule has 3 nitrogen and oxygen atoms in total. The first kappa shape index (κ1) is 14.6. The number of benzene rings is 1. The Labute approximate surface area is 112 Å². The van der Waals surface area contributed by atoms with Crippen molar-refractivity contribution in [2.24, 2.45) is 0 Å². The van der Waals surface area contributed by atoms with Gasteiger partial charge in [-0.2, -0.15) is 0 Å². The third-order valence-electron chi connectivity index (χ3n) is 2.27. The molecule has 1 rings (SSSR count). The average molecular weight is 296 g/mol. The van der Waals surface area contributed by atoms with Gasteiger partial charge in [-0.25, -0.2) is 8.42 Å². The highest BCUT2D eigenvalue weighted by Gasteiger charge is 2.16. The van der Waals surface area contributed by atoms with Crippen molar-refractivity contribution in [3.63, 3.8) is 0 Å². The molecule has 0 aliphatic carbocycles. The molecular formula is C11H15Cl2NO2S. The molecule has 0 bridgehead atoms. The molecule has 0 saturated heterocycles. The Balaban J connectivity index is 2.32. The van der Waals surface area contributed by atoms with E-state index in [1.807, 2.05) is 12.1 Å². The lowest BCUT2D eigenvalue weighted by atomic mass is 10.3. The second-order valence-electron chi connectivity index (χ2n) is 3.70. The zero-order valence-corrected chi connectivity index (χ0v) is 11.8. The van der Waals surface area contributed by atoms with Crippen LogP contribution in [0.5, 0.6) is 0 Å². The smallest absolute Gasteiger partial charge is 0.166 e. The van der Waals surface area contributed by atoms with E-state index in [1.165, 1.54) is 6.92 Å². The van der Waals surface area contributed by atoms with E-state index in [1.54, 1.807) is 12.1 Å². The van der Waals surface area contributed by atoms with Gasteiger partial charge >= 0.3 is 0 Å². The molecule has 0 radical (unpaired) electrons. The Kier molecular flexibility index (Phi) is 5.56. The normalized spacial score (nSPS) is 13.4. The Hall–Kier alpha value is -0.450. The topological polar surface area (TPSA) is 46.2 Å². The lowest BCUT2D eigenvalue weighted by Crippen LogP contribution is -2.17. The molecule has 1 aromatic rings. The van der Waals surface area contributed by atoms with Crippen LogP contribution in [0.3, 0.4) is 0 Å². The van der Waals surface area contributed by atoms with E-state index in [0.717, 1.165) is 5.69 Å². The van der Waals surface area contributed by atoms with Gasteiger partial charge in [0.1, 0.15) is 4.71 Å². The third kappa shape index (κ3) is 5.15. The van der Waals surface area contributed by atoms with Crippen molar-refractivity contribution in [2.45, 2.75) is 18.1 Å². The number of alkyl halides is 1. The minimum absolute atomic E-state index is 0.0955.